The summed E-state index contributed by atoms with van der Waals surface area (Å²) in [4.78, 5) is 11.7. The highest BCUT2D eigenvalue weighted by molar-refractivity contribution is 5.77. The number of benzene rings is 1. The second kappa shape index (κ2) is 6.67. The van der Waals surface area contributed by atoms with Gasteiger partial charge in [0.05, 0.1) is 6.10 Å². The van der Waals surface area contributed by atoms with E-state index >= 15 is 0 Å². The molecule has 0 bridgehead atoms. The number of carbonyl (C=O) groups excluding carboxylic acids is 1. The van der Waals surface area contributed by atoms with Gasteiger partial charge in [0.15, 0.2) is 18.2 Å². The van der Waals surface area contributed by atoms with Crippen LogP contribution < -0.4 is 10.1 Å². The molecule has 1 fully saturated rings. The quantitative estimate of drug-likeness (QED) is 0.733. The fourth-order valence-corrected chi connectivity index (χ4v) is 2.39. The van der Waals surface area contributed by atoms with Crippen LogP contribution in [0.4, 0.5) is 4.39 Å². The Hall–Kier alpha value is -1.66. The van der Waals surface area contributed by atoms with Crippen LogP contribution in [-0.2, 0) is 4.79 Å². The Morgan fingerprint density at radius 2 is 2.15 bits per heavy atom. The van der Waals surface area contributed by atoms with E-state index in [9.17, 15) is 14.3 Å². The summed E-state index contributed by atoms with van der Waals surface area (Å²) < 4.78 is 18.4. The van der Waals surface area contributed by atoms with Crippen molar-refractivity contribution in [2.24, 2.45) is 5.92 Å². The number of para-hydroxylation sites is 1. The van der Waals surface area contributed by atoms with Gasteiger partial charge in [-0.2, -0.15) is 0 Å². The molecular weight excluding hydrogens is 265 g/mol. The maximum Gasteiger partial charge on any atom is 0.258 e. The lowest BCUT2D eigenvalue weighted by Gasteiger charge is -2.13. The molecule has 2 rings (SSSR count). The van der Waals surface area contributed by atoms with Gasteiger partial charge in [0.2, 0.25) is 0 Å². The van der Waals surface area contributed by atoms with Crippen LogP contribution in [0.2, 0.25) is 0 Å². The highest BCUT2D eigenvalue weighted by atomic mass is 19.1. The van der Waals surface area contributed by atoms with E-state index in [1.807, 2.05) is 0 Å². The number of aliphatic hydroxyl groups is 2. The summed E-state index contributed by atoms with van der Waals surface area (Å²) in [7, 11) is 0. The van der Waals surface area contributed by atoms with Crippen LogP contribution >= 0.6 is 0 Å². The molecule has 1 aromatic carbocycles. The third-order valence-corrected chi connectivity index (χ3v) is 3.45. The third-order valence-electron chi connectivity index (χ3n) is 3.45. The summed E-state index contributed by atoms with van der Waals surface area (Å²) in [6.07, 6.45) is 0.345. The smallest absolute Gasteiger partial charge is 0.258 e. The van der Waals surface area contributed by atoms with Gasteiger partial charge in [-0.15, -0.1) is 0 Å². The standard InChI is InChI=1S/C14H18FNO4/c15-11-3-1-2-4-13(11)20-8-14(19)16-10-5-9(7-17)12(18)6-10/h1-4,9-10,12,17-18H,5-8H2,(H,16,19)/t9-,10-,12-/m0/s1. The first kappa shape index (κ1) is 14.7. The van der Waals surface area contributed by atoms with Gasteiger partial charge in [-0.25, -0.2) is 4.39 Å². The monoisotopic (exact) mass is 283 g/mol. The first-order valence-electron chi connectivity index (χ1n) is 6.55. The number of rotatable bonds is 5. The molecule has 1 saturated carbocycles. The molecule has 1 aliphatic rings. The minimum Gasteiger partial charge on any atom is -0.481 e. The van der Waals surface area contributed by atoms with E-state index in [0.29, 0.717) is 12.8 Å². The van der Waals surface area contributed by atoms with E-state index < -0.39 is 11.9 Å². The molecule has 1 aromatic rings. The minimum atomic E-state index is -0.599. The van der Waals surface area contributed by atoms with E-state index in [1.165, 1.54) is 18.2 Å². The molecule has 3 N–H and O–H groups in total. The topological polar surface area (TPSA) is 78.8 Å². The molecule has 0 spiro atoms. The second-order valence-electron chi connectivity index (χ2n) is 4.96. The van der Waals surface area contributed by atoms with Gasteiger partial charge in [-0.1, -0.05) is 12.1 Å². The number of amides is 1. The number of ether oxygens (including phenoxy) is 1. The predicted octanol–water partition coefficient (Wildman–Crippen LogP) is 0.452. The lowest BCUT2D eigenvalue weighted by Crippen LogP contribution is -2.36. The Labute approximate surface area is 116 Å². The number of halogens is 1. The SMILES string of the molecule is O=C(COc1ccccc1F)N[C@H]1C[C@@H](CO)[C@@H](O)C1. The molecule has 20 heavy (non-hydrogen) atoms. The van der Waals surface area contributed by atoms with Crippen molar-refractivity contribution in [3.05, 3.63) is 30.1 Å². The van der Waals surface area contributed by atoms with Crippen LogP contribution in [0.3, 0.4) is 0 Å². The molecule has 0 unspecified atom stereocenters. The molecule has 1 amide bonds. The number of hydrogen-bond donors (Lipinski definition) is 3. The molecular formula is C14H18FNO4. The molecule has 1 aliphatic carbocycles. The van der Waals surface area contributed by atoms with Crippen LogP contribution in [0, 0.1) is 11.7 Å². The molecule has 0 heterocycles. The Kier molecular flexibility index (Phi) is 4.92. The third kappa shape index (κ3) is 3.68. The fourth-order valence-electron chi connectivity index (χ4n) is 2.39. The fraction of sp³-hybridized carbons (Fsp3) is 0.500. The molecule has 0 aromatic heterocycles. The largest absolute Gasteiger partial charge is 0.481 e. The van der Waals surface area contributed by atoms with Crippen LogP contribution in [0.25, 0.3) is 0 Å². The lowest BCUT2D eigenvalue weighted by molar-refractivity contribution is -0.123. The molecule has 5 nitrogen and oxygen atoms in total. The highest BCUT2D eigenvalue weighted by Gasteiger charge is 2.33. The summed E-state index contributed by atoms with van der Waals surface area (Å²) in [5.41, 5.74) is 0. The van der Waals surface area contributed by atoms with Gasteiger partial charge in [-0.3, -0.25) is 4.79 Å². The van der Waals surface area contributed by atoms with Crippen LogP contribution in [0.1, 0.15) is 12.8 Å². The zero-order valence-electron chi connectivity index (χ0n) is 11.0. The van der Waals surface area contributed by atoms with E-state index in [0.717, 1.165) is 0 Å². The summed E-state index contributed by atoms with van der Waals surface area (Å²) in [6.45, 7) is -0.378. The van der Waals surface area contributed by atoms with E-state index in [1.54, 1.807) is 6.07 Å². The van der Waals surface area contributed by atoms with Gasteiger partial charge in [-0.05, 0) is 25.0 Å². The van der Waals surface area contributed by atoms with Crippen LogP contribution in [0.5, 0.6) is 5.75 Å². The van der Waals surface area contributed by atoms with Gasteiger partial charge in [0.1, 0.15) is 0 Å². The maximum atomic E-state index is 13.3. The Morgan fingerprint density at radius 1 is 1.40 bits per heavy atom. The first-order valence-corrected chi connectivity index (χ1v) is 6.55. The molecule has 0 radical (unpaired) electrons. The summed E-state index contributed by atoms with van der Waals surface area (Å²) in [6, 6.07) is 5.68. The van der Waals surface area contributed by atoms with E-state index in [2.05, 4.69) is 5.32 Å². The van der Waals surface area contributed by atoms with Crippen molar-refractivity contribution in [3.63, 3.8) is 0 Å². The molecule has 6 heteroatoms. The van der Waals surface area contributed by atoms with Gasteiger partial charge < -0.3 is 20.3 Å². The van der Waals surface area contributed by atoms with Crippen LogP contribution in [-0.4, -0.2) is 41.5 Å². The van der Waals surface area contributed by atoms with E-state index in [-0.39, 0.29) is 36.8 Å². The Balaban J connectivity index is 1.78. The molecule has 0 aliphatic heterocycles. The van der Waals surface area contributed by atoms with Gasteiger partial charge in [0, 0.05) is 18.6 Å². The Morgan fingerprint density at radius 3 is 2.80 bits per heavy atom. The second-order valence-corrected chi connectivity index (χ2v) is 4.96. The van der Waals surface area contributed by atoms with Gasteiger partial charge >= 0.3 is 0 Å². The highest BCUT2D eigenvalue weighted by Crippen LogP contribution is 2.25. The molecule has 3 atom stereocenters. The van der Waals surface area contributed by atoms with Crippen molar-refractivity contribution in [2.75, 3.05) is 13.2 Å². The average molecular weight is 283 g/mol. The minimum absolute atomic E-state index is 0.0299. The average Bonchev–Trinajstić information content (AvgIpc) is 2.77. The number of aliphatic hydroxyl groups excluding tert-OH is 2. The van der Waals surface area contributed by atoms with E-state index in [4.69, 9.17) is 9.84 Å². The van der Waals surface area contributed by atoms with Crippen molar-refractivity contribution in [1.82, 2.24) is 5.32 Å². The van der Waals surface area contributed by atoms with Gasteiger partial charge in [0.25, 0.3) is 5.91 Å². The maximum absolute atomic E-state index is 13.3. The first-order chi connectivity index (χ1) is 9.60. The van der Waals surface area contributed by atoms with Crippen molar-refractivity contribution >= 4 is 5.91 Å². The molecule has 0 saturated heterocycles. The predicted molar refractivity (Wildman–Crippen MR) is 69.6 cm³/mol. The number of carbonyl (C=O) groups is 1. The summed E-state index contributed by atoms with van der Waals surface area (Å²) in [5.74, 6) is -1.06. The van der Waals surface area contributed by atoms with Crippen molar-refractivity contribution in [2.45, 2.75) is 25.0 Å². The number of hydrogen-bond acceptors (Lipinski definition) is 4. The van der Waals surface area contributed by atoms with Crippen molar-refractivity contribution in [1.29, 1.82) is 0 Å². The lowest BCUT2D eigenvalue weighted by atomic mass is 10.1. The van der Waals surface area contributed by atoms with Crippen molar-refractivity contribution < 1.29 is 24.1 Å². The number of nitrogens with one attached hydrogen (secondary N) is 1. The molecule has 110 valence electrons. The zero-order valence-corrected chi connectivity index (χ0v) is 11.0. The van der Waals surface area contributed by atoms with Crippen LogP contribution in [0.15, 0.2) is 24.3 Å². The van der Waals surface area contributed by atoms with Crippen molar-refractivity contribution in [3.8, 4) is 5.75 Å². The normalized spacial score (nSPS) is 25.4. The zero-order chi connectivity index (χ0) is 14.5. The Bertz CT molecular complexity index is 468. The summed E-state index contributed by atoms with van der Waals surface area (Å²) >= 11 is 0. The summed E-state index contributed by atoms with van der Waals surface area (Å²) in [5, 5.41) is 21.4.